The number of carbonyl (C=O) groups excluding carboxylic acids is 1. The molecular weight excluding hydrogens is 195 g/mol. The lowest BCUT2D eigenvalue weighted by Crippen LogP contribution is -2.20. The van der Waals surface area contributed by atoms with Gasteiger partial charge in [0.05, 0.1) is 6.07 Å². The minimum Gasteiger partial charge on any atom is -0.325 e. The highest BCUT2D eigenvalue weighted by molar-refractivity contribution is 5.94. The first-order valence-electron chi connectivity index (χ1n) is 4.63. The molecule has 1 aromatic rings. The average molecular weight is 206 g/mol. The topological polar surface area (TPSA) is 52.9 Å². The lowest BCUT2D eigenvalue weighted by Gasteiger charge is -2.07. The zero-order valence-corrected chi connectivity index (χ0v) is 8.33. The summed E-state index contributed by atoms with van der Waals surface area (Å²) in [5, 5.41) is 11.1. The number of nitriles is 1. The minimum atomic E-state index is -0.687. The number of nitrogens with zero attached hydrogens (tertiary/aromatic N) is 1. The van der Waals surface area contributed by atoms with Crippen LogP contribution in [0.3, 0.4) is 0 Å². The van der Waals surface area contributed by atoms with Gasteiger partial charge < -0.3 is 5.32 Å². The van der Waals surface area contributed by atoms with Gasteiger partial charge in [0.25, 0.3) is 0 Å². The van der Waals surface area contributed by atoms with E-state index in [1.165, 1.54) is 18.2 Å². The molecule has 0 heterocycles. The standard InChI is InChI=1S/C11H11FN2O/c1-2-8(7-13)11(15)14-10-5-3-4-9(12)6-10/h3-6,8H,2H2,1H3,(H,14,15). The molecular formula is C11H11FN2O. The molecule has 0 aliphatic carbocycles. The number of nitrogens with one attached hydrogen (secondary N) is 1. The fourth-order valence-corrected chi connectivity index (χ4v) is 1.13. The maximum atomic E-state index is 12.8. The summed E-state index contributed by atoms with van der Waals surface area (Å²) in [5.41, 5.74) is 0.369. The molecule has 15 heavy (non-hydrogen) atoms. The van der Waals surface area contributed by atoms with Crippen molar-refractivity contribution >= 4 is 11.6 Å². The lowest BCUT2D eigenvalue weighted by atomic mass is 10.1. The second kappa shape index (κ2) is 5.11. The first-order valence-corrected chi connectivity index (χ1v) is 4.63. The summed E-state index contributed by atoms with van der Waals surface area (Å²) in [7, 11) is 0. The Morgan fingerprint density at radius 2 is 2.40 bits per heavy atom. The predicted molar refractivity (Wildman–Crippen MR) is 54.4 cm³/mol. The molecule has 1 rings (SSSR count). The van der Waals surface area contributed by atoms with Crippen LogP contribution in [0.2, 0.25) is 0 Å². The van der Waals surface area contributed by atoms with Crippen molar-refractivity contribution in [2.75, 3.05) is 5.32 Å². The molecule has 0 aromatic heterocycles. The van der Waals surface area contributed by atoms with E-state index in [0.29, 0.717) is 12.1 Å². The summed E-state index contributed by atoms with van der Waals surface area (Å²) in [4.78, 5) is 11.4. The molecule has 4 heteroatoms. The Labute approximate surface area is 87.5 Å². The molecule has 0 fully saturated rings. The van der Waals surface area contributed by atoms with Gasteiger partial charge in [-0.25, -0.2) is 4.39 Å². The SMILES string of the molecule is CCC(C#N)C(=O)Nc1cccc(F)c1. The van der Waals surface area contributed by atoms with Crippen molar-refractivity contribution in [2.45, 2.75) is 13.3 Å². The van der Waals surface area contributed by atoms with Gasteiger partial charge in [0.2, 0.25) is 5.91 Å². The molecule has 0 saturated carbocycles. The van der Waals surface area contributed by atoms with E-state index < -0.39 is 17.6 Å². The van der Waals surface area contributed by atoms with E-state index in [0.717, 1.165) is 0 Å². The van der Waals surface area contributed by atoms with E-state index in [1.54, 1.807) is 13.0 Å². The number of rotatable bonds is 3. The van der Waals surface area contributed by atoms with Crippen LogP contribution in [0.1, 0.15) is 13.3 Å². The van der Waals surface area contributed by atoms with Crippen LogP contribution in [0.4, 0.5) is 10.1 Å². The van der Waals surface area contributed by atoms with Gasteiger partial charge in [0, 0.05) is 5.69 Å². The van der Waals surface area contributed by atoms with Crippen LogP contribution >= 0.6 is 0 Å². The zero-order valence-electron chi connectivity index (χ0n) is 8.33. The Hall–Kier alpha value is -1.89. The van der Waals surface area contributed by atoms with Crippen molar-refractivity contribution < 1.29 is 9.18 Å². The predicted octanol–water partition coefficient (Wildman–Crippen LogP) is 2.31. The molecule has 1 atom stereocenters. The van der Waals surface area contributed by atoms with E-state index in [9.17, 15) is 9.18 Å². The van der Waals surface area contributed by atoms with Gasteiger partial charge in [0.1, 0.15) is 11.7 Å². The minimum absolute atomic E-state index is 0.369. The number of anilines is 1. The molecule has 0 bridgehead atoms. The smallest absolute Gasteiger partial charge is 0.241 e. The van der Waals surface area contributed by atoms with Crippen LogP contribution in [0.5, 0.6) is 0 Å². The summed E-state index contributed by atoms with van der Waals surface area (Å²) in [5.74, 6) is -1.50. The first-order chi connectivity index (χ1) is 7.17. The highest BCUT2D eigenvalue weighted by Crippen LogP contribution is 2.11. The highest BCUT2D eigenvalue weighted by Gasteiger charge is 2.15. The maximum absolute atomic E-state index is 12.8. The van der Waals surface area contributed by atoms with Gasteiger partial charge >= 0.3 is 0 Å². The zero-order chi connectivity index (χ0) is 11.3. The van der Waals surface area contributed by atoms with Gasteiger partial charge in [-0.05, 0) is 24.6 Å². The fraction of sp³-hybridized carbons (Fsp3) is 0.273. The van der Waals surface area contributed by atoms with Gasteiger partial charge in [-0.1, -0.05) is 13.0 Å². The number of amides is 1. The summed E-state index contributed by atoms with van der Waals surface area (Å²) in [6.07, 6.45) is 0.442. The Morgan fingerprint density at radius 3 is 2.93 bits per heavy atom. The number of benzene rings is 1. The maximum Gasteiger partial charge on any atom is 0.241 e. The van der Waals surface area contributed by atoms with E-state index in [-0.39, 0.29) is 0 Å². The van der Waals surface area contributed by atoms with Gasteiger partial charge in [-0.3, -0.25) is 4.79 Å². The lowest BCUT2D eigenvalue weighted by molar-refractivity contribution is -0.118. The third-order valence-corrected chi connectivity index (χ3v) is 1.97. The van der Waals surface area contributed by atoms with E-state index in [4.69, 9.17) is 5.26 Å². The summed E-state index contributed by atoms with van der Waals surface area (Å²) >= 11 is 0. The number of halogens is 1. The van der Waals surface area contributed by atoms with Crippen molar-refractivity contribution in [2.24, 2.45) is 5.92 Å². The van der Waals surface area contributed by atoms with Crippen LogP contribution in [0.25, 0.3) is 0 Å². The molecule has 1 unspecified atom stereocenters. The van der Waals surface area contributed by atoms with Crippen molar-refractivity contribution in [1.29, 1.82) is 5.26 Å². The number of hydrogen-bond donors (Lipinski definition) is 1. The molecule has 0 aliphatic heterocycles. The van der Waals surface area contributed by atoms with Crippen molar-refractivity contribution in [3.8, 4) is 6.07 Å². The van der Waals surface area contributed by atoms with Crippen LogP contribution in [-0.4, -0.2) is 5.91 Å². The molecule has 78 valence electrons. The Balaban J connectivity index is 2.71. The van der Waals surface area contributed by atoms with Crippen molar-refractivity contribution in [3.05, 3.63) is 30.1 Å². The van der Waals surface area contributed by atoms with Gasteiger partial charge in [-0.2, -0.15) is 5.26 Å². The van der Waals surface area contributed by atoms with E-state index in [1.807, 2.05) is 6.07 Å². The molecule has 0 radical (unpaired) electrons. The van der Waals surface area contributed by atoms with E-state index in [2.05, 4.69) is 5.32 Å². The highest BCUT2D eigenvalue weighted by atomic mass is 19.1. The summed E-state index contributed by atoms with van der Waals surface area (Å²) in [6.45, 7) is 1.75. The van der Waals surface area contributed by atoms with Crippen molar-refractivity contribution in [3.63, 3.8) is 0 Å². The summed E-state index contributed by atoms with van der Waals surface area (Å²) in [6, 6.07) is 7.45. The number of carbonyl (C=O) groups is 1. The Morgan fingerprint density at radius 1 is 1.67 bits per heavy atom. The Bertz CT molecular complexity index is 398. The molecule has 0 aliphatic rings. The second-order valence-corrected chi connectivity index (χ2v) is 3.09. The van der Waals surface area contributed by atoms with Crippen molar-refractivity contribution in [1.82, 2.24) is 0 Å². The van der Waals surface area contributed by atoms with Crippen LogP contribution < -0.4 is 5.32 Å². The molecule has 3 nitrogen and oxygen atoms in total. The van der Waals surface area contributed by atoms with Gasteiger partial charge in [-0.15, -0.1) is 0 Å². The second-order valence-electron chi connectivity index (χ2n) is 3.09. The molecule has 1 amide bonds. The normalized spacial score (nSPS) is 11.5. The monoisotopic (exact) mass is 206 g/mol. The fourth-order valence-electron chi connectivity index (χ4n) is 1.13. The van der Waals surface area contributed by atoms with Crippen LogP contribution in [0.15, 0.2) is 24.3 Å². The number of hydrogen-bond acceptors (Lipinski definition) is 2. The Kier molecular flexibility index (Phi) is 3.81. The molecule has 0 spiro atoms. The van der Waals surface area contributed by atoms with Crippen LogP contribution in [0, 0.1) is 23.1 Å². The molecule has 1 aromatic carbocycles. The van der Waals surface area contributed by atoms with Crippen LogP contribution in [-0.2, 0) is 4.79 Å². The quantitative estimate of drug-likeness (QED) is 0.825. The van der Waals surface area contributed by atoms with E-state index >= 15 is 0 Å². The average Bonchev–Trinajstić information content (AvgIpc) is 2.19. The van der Waals surface area contributed by atoms with Gasteiger partial charge in [0.15, 0.2) is 0 Å². The third kappa shape index (κ3) is 3.06. The molecule has 0 saturated heterocycles. The largest absolute Gasteiger partial charge is 0.325 e. The molecule has 1 N–H and O–H groups in total. The third-order valence-electron chi connectivity index (χ3n) is 1.97. The summed E-state index contributed by atoms with van der Waals surface area (Å²) < 4.78 is 12.8. The first kappa shape index (κ1) is 11.2.